The quantitative estimate of drug-likeness (QED) is 0.390. The van der Waals surface area contributed by atoms with Crippen LogP contribution in [-0.4, -0.2) is 103 Å². The number of β-amino-alcohol motifs (C(OH)–C–C–N with tert-alkyl or cyclic N) is 1. The van der Waals surface area contributed by atoms with E-state index in [4.69, 9.17) is 4.74 Å². The Bertz CT molecular complexity index is 1580. The average Bonchev–Trinajstić information content (AvgIpc) is 3.04. The maximum atomic E-state index is 14.1. The van der Waals surface area contributed by atoms with Crippen LogP contribution in [0, 0.1) is 0 Å². The first-order valence-electron chi connectivity index (χ1n) is 15.9. The molecule has 1 aromatic heterocycles. The average molecular weight is 641 g/mol. The third kappa shape index (κ3) is 6.53. The van der Waals surface area contributed by atoms with Gasteiger partial charge in [0.2, 0.25) is 9.84 Å². The van der Waals surface area contributed by atoms with Crippen LogP contribution in [0.25, 0.3) is 10.9 Å². The highest BCUT2D eigenvalue weighted by molar-refractivity contribution is 7.91. The van der Waals surface area contributed by atoms with Gasteiger partial charge in [-0.2, -0.15) is 0 Å². The molecule has 9 nitrogen and oxygen atoms in total. The van der Waals surface area contributed by atoms with Gasteiger partial charge in [0, 0.05) is 65.3 Å². The van der Waals surface area contributed by atoms with Crippen molar-refractivity contribution in [3.63, 3.8) is 0 Å². The fourth-order valence-electron chi connectivity index (χ4n) is 7.24. The smallest absolute Gasteiger partial charge is 0.210 e. The number of nitrogens with zero attached hydrogens (tertiary/aromatic N) is 4. The highest BCUT2D eigenvalue weighted by Gasteiger charge is 2.34. The number of hydrogen-bond donors (Lipinski definition) is 1. The number of aliphatic hydroxyl groups excluding tert-OH is 1. The van der Waals surface area contributed by atoms with Crippen molar-refractivity contribution in [2.45, 2.75) is 78.3 Å². The van der Waals surface area contributed by atoms with Crippen LogP contribution in [0.5, 0.6) is 5.75 Å². The summed E-state index contributed by atoms with van der Waals surface area (Å²) in [6.45, 7) is 7.87. The van der Waals surface area contributed by atoms with Crippen LogP contribution < -0.4 is 9.64 Å². The van der Waals surface area contributed by atoms with Crippen LogP contribution in [0.4, 0.5) is 5.69 Å². The van der Waals surface area contributed by atoms with E-state index < -0.39 is 20.6 Å². The number of rotatable bonds is 8. The minimum absolute atomic E-state index is 0.177. The molecule has 0 radical (unpaired) electrons. The molecule has 0 amide bonds. The lowest BCUT2D eigenvalue weighted by atomic mass is 9.95. The Kier molecular flexibility index (Phi) is 9.58. The van der Waals surface area contributed by atoms with Crippen LogP contribution in [0.3, 0.4) is 0 Å². The Morgan fingerprint density at radius 3 is 2.27 bits per heavy atom. The number of likely N-dealkylation sites (tertiary alicyclic amines) is 2. The fourth-order valence-corrected chi connectivity index (χ4v) is 9.21. The van der Waals surface area contributed by atoms with E-state index in [0.29, 0.717) is 45.9 Å². The molecule has 1 N–H and O–H groups in total. The highest BCUT2D eigenvalue weighted by Crippen LogP contribution is 2.39. The molecule has 238 valence electrons. The molecule has 0 spiro atoms. The first-order valence-corrected chi connectivity index (χ1v) is 18.9. The van der Waals surface area contributed by atoms with Crippen molar-refractivity contribution in [2.24, 2.45) is 0 Å². The van der Waals surface area contributed by atoms with Crippen LogP contribution in [0.15, 0.2) is 63.3 Å². The fraction of sp³-hybridized carbons (Fsp3) is 0.545. The molecule has 3 saturated heterocycles. The van der Waals surface area contributed by atoms with Crippen LogP contribution >= 0.6 is 0 Å². The molecule has 2 atom stereocenters. The summed E-state index contributed by atoms with van der Waals surface area (Å²) in [6.07, 6.45) is 9.07. The molecule has 0 bridgehead atoms. The third-order valence-corrected chi connectivity index (χ3v) is 12.3. The van der Waals surface area contributed by atoms with E-state index in [1.165, 1.54) is 6.20 Å². The van der Waals surface area contributed by atoms with Crippen molar-refractivity contribution >= 4 is 37.2 Å². The largest absolute Gasteiger partial charge is 0.494 e. The number of anilines is 1. The molecule has 6 rings (SSSR count). The van der Waals surface area contributed by atoms with Gasteiger partial charge in [-0.1, -0.05) is 0 Å². The van der Waals surface area contributed by atoms with Gasteiger partial charge in [0.15, 0.2) is 0 Å². The summed E-state index contributed by atoms with van der Waals surface area (Å²) >= 11 is 0. The molecule has 4 heterocycles. The molecule has 11 heteroatoms. The van der Waals surface area contributed by atoms with Gasteiger partial charge in [-0.3, -0.25) is 14.1 Å². The number of fused-ring (bicyclic) bond motifs is 1. The zero-order valence-corrected chi connectivity index (χ0v) is 27.4. The van der Waals surface area contributed by atoms with Crippen molar-refractivity contribution in [1.29, 1.82) is 0 Å². The van der Waals surface area contributed by atoms with Gasteiger partial charge >= 0.3 is 0 Å². The van der Waals surface area contributed by atoms with E-state index >= 15 is 0 Å². The summed E-state index contributed by atoms with van der Waals surface area (Å²) in [5, 5.41) is 10.9. The van der Waals surface area contributed by atoms with Gasteiger partial charge < -0.3 is 19.6 Å². The predicted molar refractivity (Wildman–Crippen MR) is 174 cm³/mol. The Morgan fingerprint density at radius 1 is 0.932 bits per heavy atom. The normalized spacial score (nSPS) is 22.3. The van der Waals surface area contributed by atoms with Crippen molar-refractivity contribution in [2.75, 3.05) is 57.0 Å². The van der Waals surface area contributed by atoms with E-state index in [0.717, 1.165) is 77.8 Å². The van der Waals surface area contributed by atoms with Gasteiger partial charge in [-0.05, 0) is 108 Å². The molecule has 0 aliphatic carbocycles. The Labute approximate surface area is 263 Å². The Morgan fingerprint density at radius 2 is 1.61 bits per heavy atom. The Balaban J connectivity index is 1.24. The van der Waals surface area contributed by atoms with E-state index in [1.54, 1.807) is 36.6 Å². The lowest BCUT2D eigenvalue weighted by Crippen LogP contribution is -2.53. The summed E-state index contributed by atoms with van der Waals surface area (Å²) in [5.41, 5.74) is 1.34. The second-order valence-electron chi connectivity index (χ2n) is 12.3. The van der Waals surface area contributed by atoms with E-state index in [2.05, 4.69) is 19.7 Å². The molecule has 3 aromatic rings. The second kappa shape index (κ2) is 13.4. The lowest BCUT2D eigenvalue weighted by Gasteiger charge is -2.45. The number of piperidine rings is 3. The molecular formula is C33H44N4O5S2. The van der Waals surface area contributed by atoms with Crippen molar-refractivity contribution in [3.8, 4) is 5.75 Å². The molecule has 2 aromatic carbocycles. The molecule has 0 saturated carbocycles. The molecule has 3 fully saturated rings. The van der Waals surface area contributed by atoms with Crippen molar-refractivity contribution in [1.82, 2.24) is 14.8 Å². The number of aromatic nitrogens is 1. The van der Waals surface area contributed by atoms with Crippen molar-refractivity contribution in [3.05, 3.63) is 48.7 Å². The van der Waals surface area contributed by atoms with Crippen LogP contribution in [0.2, 0.25) is 0 Å². The zero-order chi connectivity index (χ0) is 30.8. The molecule has 0 unspecified atom stereocenters. The maximum Gasteiger partial charge on any atom is 0.210 e. The third-order valence-electron chi connectivity index (χ3n) is 9.58. The minimum Gasteiger partial charge on any atom is -0.494 e. The molecule has 44 heavy (non-hydrogen) atoms. The zero-order valence-electron chi connectivity index (χ0n) is 25.7. The van der Waals surface area contributed by atoms with Gasteiger partial charge in [-0.15, -0.1) is 0 Å². The highest BCUT2D eigenvalue weighted by atomic mass is 32.2. The maximum absolute atomic E-state index is 14.1. The standard InChI is InChI=1S/C33H44N4O5S2/c1-3-42-27-6-9-29(10-7-27)44(40,41)32-22-34-31-11-8-28(43(2)39)21-30(31)33(32)36-19-14-24(15-20-36)35-17-12-25(13-18-35)37-16-4-5-26(38)23-37/h6-11,21-22,24-26,38H,3-5,12-20,23H2,1-2H3/t26-,43+/m1/s1. The predicted octanol–water partition coefficient (Wildman–Crippen LogP) is 4.09. The topological polar surface area (TPSA) is 103 Å². The van der Waals surface area contributed by atoms with Crippen molar-refractivity contribution < 1.29 is 22.5 Å². The molecular weight excluding hydrogens is 597 g/mol. The first kappa shape index (κ1) is 31.4. The van der Waals surface area contributed by atoms with E-state index in [-0.39, 0.29) is 15.9 Å². The number of sulfone groups is 1. The van der Waals surface area contributed by atoms with Gasteiger partial charge in [-0.25, -0.2) is 8.42 Å². The number of benzene rings is 2. The Hall–Kier alpha value is -2.57. The minimum atomic E-state index is -3.90. The summed E-state index contributed by atoms with van der Waals surface area (Å²) in [5.74, 6) is 0.623. The number of hydrogen-bond acceptors (Lipinski definition) is 9. The SMILES string of the molecule is CCOc1ccc(S(=O)(=O)c2cnc3ccc([S@](C)=O)cc3c2N2CCC(N3CCC(N4CCC[C@@H](O)C4)CC3)CC2)cc1. The van der Waals surface area contributed by atoms with Gasteiger partial charge in [0.25, 0.3) is 0 Å². The molecule has 3 aliphatic heterocycles. The summed E-state index contributed by atoms with van der Waals surface area (Å²) in [7, 11) is -5.12. The molecule has 3 aliphatic rings. The second-order valence-corrected chi connectivity index (χ2v) is 15.6. The monoisotopic (exact) mass is 640 g/mol. The van der Waals surface area contributed by atoms with E-state index in [1.807, 2.05) is 19.1 Å². The summed E-state index contributed by atoms with van der Waals surface area (Å²) < 4.78 is 46.2. The van der Waals surface area contributed by atoms with Gasteiger partial charge in [0.05, 0.1) is 28.8 Å². The number of aliphatic hydroxyl groups is 1. The van der Waals surface area contributed by atoms with E-state index in [9.17, 15) is 17.7 Å². The lowest BCUT2D eigenvalue weighted by molar-refractivity contribution is 0.0170. The van der Waals surface area contributed by atoms with Gasteiger partial charge in [0.1, 0.15) is 10.6 Å². The van der Waals surface area contributed by atoms with Crippen LogP contribution in [0.1, 0.15) is 45.4 Å². The van der Waals surface area contributed by atoms with Crippen LogP contribution in [-0.2, 0) is 20.6 Å². The summed E-state index contributed by atoms with van der Waals surface area (Å²) in [4.78, 5) is 12.9. The summed E-state index contributed by atoms with van der Waals surface area (Å²) in [6, 6.07) is 13.0. The first-order chi connectivity index (χ1) is 21.2. The number of ether oxygens (including phenoxy) is 1. The number of pyridine rings is 1.